The van der Waals surface area contributed by atoms with Crippen molar-refractivity contribution in [3.63, 3.8) is 0 Å². The molecule has 0 atom stereocenters. The predicted octanol–water partition coefficient (Wildman–Crippen LogP) is 3.49. The van der Waals surface area contributed by atoms with Crippen LogP contribution in [0.5, 0.6) is 0 Å². The summed E-state index contributed by atoms with van der Waals surface area (Å²) in [6, 6.07) is 11.1. The van der Waals surface area contributed by atoms with E-state index < -0.39 is 0 Å². The number of halogens is 1. The lowest BCUT2D eigenvalue weighted by Crippen LogP contribution is -2.23. The van der Waals surface area contributed by atoms with E-state index in [1.165, 1.54) is 18.3 Å². The Labute approximate surface area is 125 Å². The summed E-state index contributed by atoms with van der Waals surface area (Å²) in [5.41, 5.74) is 2.15. The SMILES string of the molecule is O=C(N/C=C/c1cccc(F)c1)Nc1ccc2cn[nH]c2c1. The van der Waals surface area contributed by atoms with Gasteiger partial charge in [-0.1, -0.05) is 12.1 Å². The highest BCUT2D eigenvalue weighted by Gasteiger charge is 2.01. The molecule has 1 aromatic heterocycles. The Morgan fingerprint density at radius 3 is 3.00 bits per heavy atom. The molecule has 3 aromatic rings. The van der Waals surface area contributed by atoms with E-state index in [0.29, 0.717) is 11.3 Å². The average molecular weight is 296 g/mol. The average Bonchev–Trinajstić information content (AvgIpc) is 2.95. The number of fused-ring (bicyclic) bond motifs is 1. The molecule has 0 bridgehead atoms. The van der Waals surface area contributed by atoms with Gasteiger partial charge >= 0.3 is 6.03 Å². The number of carbonyl (C=O) groups is 1. The zero-order valence-corrected chi connectivity index (χ0v) is 11.5. The number of hydrogen-bond acceptors (Lipinski definition) is 2. The van der Waals surface area contributed by atoms with Crippen molar-refractivity contribution in [1.82, 2.24) is 15.5 Å². The molecule has 0 radical (unpaired) electrons. The molecular formula is C16H13FN4O. The maximum absolute atomic E-state index is 13.0. The lowest BCUT2D eigenvalue weighted by molar-refractivity contribution is 0.255. The number of aromatic amines is 1. The van der Waals surface area contributed by atoms with Crippen LogP contribution in [0.3, 0.4) is 0 Å². The van der Waals surface area contributed by atoms with Gasteiger partial charge in [0.05, 0.1) is 11.7 Å². The standard InChI is InChI=1S/C16H13FN4O/c17-13-3-1-2-11(8-13)6-7-18-16(22)20-14-5-4-12-10-19-21-15(12)9-14/h1-10H,(H,19,21)(H2,18,20,22)/b7-6+. The van der Waals surface area contributed by atoms with Gasteiger partial charge in [0, 0.05) is 17.3 Å². The number of amides is 2. The fourth-order valence-electron chi connectivity index (χ4n) is 2.01. The van der Waals surface area contributed by atoms with Gasteiger partial charge in [0.25, 0.3) is 0 Å². The van der Waals surface area contributed by atoms with E-state index in [4.69, 9.17) is 0 Å². The number of carbonyl (C=O) groups excluding carboxylic acids is 1. The van der Waals surface area contributed by atoms with Gasteiger partial charge in [-0.05, 0) is 42.0 Å². The first-order valence-corrected chi connectivity index (χ1v) is 6.63. The molecule has 110 valence electrons. The van der Waals surface area contributed by atoms with E-state index in [1.54, 1.807) is 36.5 Å². The fraction of sp³-hybridized carbons (Fsp3) is 0. The first-order chi connectivity index (χ1) is 10.7. The molecule has 0 spiro atoms. The van der Waals surface area contributed by atoms with Gasteiger partial charge in [-0.3, -0.25) is 5.10 Å². The largest absolute Gasteiger partial charge is 0.323 e. The monoisotopic (exact) mass is 296 g/mol. The minimum absolute atomic E-state index is 0.320. The van der Waals surface area contributed by atoms with Crippen molar-refractivity contribution in [3.8, 4) is 0 Å². The normalized spacial score (nSPS) is 11.0. The van der Waals surface area contributed by atoms with E-state index in [1.807, 2.05) is 6.07 Å². The molecule has 0 aliphatic heterocycles. The van der Waals surface area contributed by atoms with Crippen molar-refractivity contribution in [2.45, 2.75) is 0 Å². The summed E-state index contributed by atoms with van der Waals surface area (Å²) in [5.74, 6) is -0.320. The summed E-state index contributed by atoms with van der Waals surface area (Å²) < 4.78 is 13.0. The van der Waals surface area contributed by atoms with Crippen molar-refractivity contribution in [1.29, 1.82) is 0 Å². The molecule has 3 rings (SSSR count). The Morgan fingerprint density at radius 1 is 1.23 bits per heavy atom. The number of rotatable bonds is 3. The number of nitrogens with zero attached hydrogens (tertiary/aromatic N) is 1. The zero-order chi connectivity index (χ0) is 15.4. The van der Waals surface area contributed by atoms with Crippen LogP contribution in [0.4, 0.5) is 14.9 Å². The van der Waals surface area contributed by atoms with Gasteiger partial charge in [0.2, 0.25) is 0 Å². The minimum Gasteiger partial charge on any atom is -0.314 e. The Balaban J connectivity index is 1.60. The molecule has 22 heavy (non-hydrogen) atoms. The molecule has 0 aliphatic carbocycles. The fourth-order valence-corrected chi connectivity index (χ4v) is 2.01. The summed E-state index contributed by atoms with van der Waals surface area (Å²) in [5, 5.41) is 13.0. The van der Waals surface area contributed by atoms with Gasteiger partial charge in [0.1, 0.15) is 5.82 Å². The number of urea groups is 1. The van der Waals surface area contributed by atoms with Crippen LogP contribution in [0, 0.1) is 5.82 Å². The highest BCUT2D eigenvalue weighted by Crippen LogP contribution is 2.16. The van der Waals surface area contributed by atoms with E-state index >= 15 is 0 Å². The Hall–Kier alpha value is -3.15. The van der Waals surface area contributed by atoms with Crippen LogP contribution in [0.15, 0.2) is 54.9 Å². The quantitative estimate of drug-likeness (QED) is 0.692. The Morgan fingerprint density at radius 2 is 2.14 bits per heavy atom. The number of hydrogen-bond donors (Lipinski definition) is 3. The van der Waals surface area contributed by atoms with E-state index in [9.17, 15) is 9.18 Å². The van der Waals surface area contributed by atoms with E-state index in [2.05, 4.69) is 20.8 Å². The maximum Gasteiger partial charge on any atom is 0.323 e. The first kappa shape index (κ1) is 13.8. The van der Waals surface area contributed by atoms with Gasteiger partial charge in [0.15, 0.2) is 0 Å². The van der Waals surface area contributed by atoms with Crippen molar-refractivity contribution in [3.05, 3.63) is 66.2 Å². The summed E-state index contributed by atoms with van der Waals surface area (Å²) in [6.07, 6.45) is 4.78. The summed E-state index contributed by atoms with van der Waals surface area (Å²) in [7, 11) is 0. The third-order valence-corrected chi connectivity index (χ3v) is 3.04. The molecule has 0 fully saturated rings. The summed E-state index contributed by atoms with van der Waals surface area (Å²) >= 11 is 0. The van der Waals surface area contributed by atoms with Gasteiger partial charge in [-0.2, -0.15) is 5.10 Å². The zero-order valence-electron chi connectivity index (χ0n) is 11.5. The van der Waals surface area contributed by atoms with Crippen LogP contribution in [0.2, 0.25) is 0 Å². The molecule has 0 saturated heterocycles. The number of benzene rings is 2. The predicted molar refractivity (Wildman–Crippen MR) is 83.7 cm³/mol. The number of aromatic nitrogens is 2. The molecule has 1 heterocycles. The summed E-state index contributed by atoms with van der Waals surface area (Å²) in [4.78, 5) is 11.8. The molecule has 0 aliphatic rings. The molecule has 0 unspecified atom stereocenters. The number of anilines is 1. The van der Waals surface area contributed by atoms with Crippen LogP contribution in [-0.4, -0.2) is 16.2 Å². The van der Waals surface area contributed by atoms with Crippen molar-refractivity contribution < 1.29 is 9.18 Å². The number of H-pyrrole nitrogens is 1. The van der Waals surface area contributed by atoms with Gasteiger partial charge < -0.3 is 10.6 Å². The molecule has 6 heteroatoms. The highest BCUT2D eigenvalue weighted by molar-refractivity contribution is 5.93. The first-order valence-electron chi connectivity index (χ1n) is 6.63. The second-order valence-corrected chi connectivity index (χ2v) is 4.66. The van der Waals surface area contributed by atoms with Crippen LogP contribution in [0.25, 0.3) is 17.0 Å². The van der Waals surface area contributed by atoms with Crippen LogP contribution >= 0.6 is 0 Å². The Kier molecular flexibility index (Phi) is 3.82. The molecule has 5 nitrogen and oxygen atoms in total. The summed E-state index contributed by atoms with van der Waals surface area (Å²) in [6.45, 7) is 0. The third kappa shape index (κ3) is 3.29. The van der Waals surface area contributed by atoms with E-state index in [-0.39, 0.29) is 11.8 Å². The number of nitrogens with one attached hydrogen (secondary N) is 3. The molecule has 0 saturated carbocycles. The van der Waals surface area contributed by atoms with Gasteiger partial charge in [-0.25, -0.2) is 9.18 Å². The van der Waals surface area contributed by atoms with Crippen molar-refractivity contribution in [2.75, 3.05) is 5.32 Å². The molecule has 2 aromatic carbocycles. The third-order valence-electron chi connectivity index (χ3n) is 3.04. The second kappa shape index (κ2) is 6.09. The van der Waals surface area contributed by atoms with Gasteiger partial charge in [-0.15, -0.1) is 0 Å². The Bertz CT molecular complexity index is 841. The highest BCUT2D eigenvalue weighted by atomic mass is 19.1. The maximum atomic E-state index is 13.0. The second-order valence-electron chi connectivity index (χ2n) is 4.66. The van der Waals surface area contributed by atoms with E-state index in [0.717, 1.165) is 10.9 Å². The van der Waals surface area contributed by atoms with Crippen molar-refractivity contribution in [2.24, 2.45) is 0 Å². The minimum atomic E-state index is -0.383. The van der Waals surface area contributed by atoms with Crippen LogP contribution < -0.4 is 10.6 Å². The molecule has 2 amide bonds. The lowest BCUT2D eigenvalue weighted by atomic mass is 10.2. The molecule has 3 N–H and O–H groups in total. The van der Waals surface area contributed by atoms with Crippen LogP contribution in [-0.2, 0) is 0 Å². The van der Waals surface area contributed by atoms with Crippen molar-refractivity contribution >= 4 is 28.7 Å². The smallest absolute Gasteiger partial charge is 0.314 e. The lowest BCUT2D eigenvalue weighted by Gasteiger charge is -2.04. The topological polar surface area (TPSA) is 69.8 Å². The molecular weight excluding hydrogens is 283 g/mol. The van der Waals surface area contributed by atoms with Crippen LogP contribution in [0.1, 0.15) is 5.56 Å².